The van der Waals surface area contributed by atoms with E-state index in [9.17, 15) is 13.2 Å². The van der Waals surface area contributed by atoms with Gasteiger partial charge in [-0.3, -0.25) is 4.79 Å². The fourth-order valence-corrected chi connectivity index (χ4v) is 5.32. The lowest BCUT2D eigenvalue weighted by molar-refractivity contribution is -0.131. The molecule has 1 atom stereocenters. The van der Waals surface area contributed by atoms with E-state index in [1.165, 1.54) is 12.1 Å². The molecule has 1 saturated heterocycles. The number of hydrogen-bond acceptors (Lipinski definition) is 6. The lowest BCUT2D eigenvalue weighted by Gasteiger charge is -2.25. The maximum atomic E-state index is 12.9. The molecule has 8 nitrogen and oxygen atoms in total. The number of benzene rings is 2. The van der Waals surface area contributed by atoms with Gasteiger partial charge in [0, 0.05) is 38.0 Å². The highest BCUT2D eigenvalue weighted by Crippen LogP contribution is 2.32. The van der Waals surface area contributed by atoms with E-state index in [0.717, 1.165) is 37.0 Å². The second kappa shape index (κ2) is 10.4. The minimum Gasteiger partial charge on any atom is -0.497 e. The Morgan fingerprint density at radius 3 is 2.76 bits per heavy atom. The number of sulfonamides is 1. The normalized spacial score (nSPS) is 18.1. The number of likely N-dealkylation sites (tertiary alicyclic amines) is 1. The number of rotatable bonds is 8. The zero-order chi connectivity index (χ0) is 23.3. The van der Waals surface area contributed by atoms with E-state index in [4.69, 9.17) is 14.2 Å². The molecule has 0 radical (unpaired) electrons. The van der Waals surface area contributed by atoms with E-state index in [-0.39, 0.29) is 29.8 Å². The number of fused-ring (bicyclic) bond motifs is 1. The van der Waals surface area contributed by atoms with Crippen LogP contribution in [0, 0.1) is 0 Å². The summed E-state index contributed by atoms with van der Waals surface area (Å²) >= 11 is 0. The van der Waals surface area contributed by atoms with Crippen molar-refractivity contribution in [3.05, 3.63) is 48.0 Å². The number of carbonyl (C=O) groups excluding carboxylic acids is 1. The Kier molecular flexibility index (Phi) is 7.39. The smallest absolute Gasteiger partial charge is 0.240 e. The molecule has 4 rings (SSSR count). The van der Waals surface area contributed by atoms with Crippen molar-refractivity contribution in [2.45, 2.75) is 43.0 Å². The van der Waals surface area contributed by atoms with Gasteiger partial charge in [-0.05, 0) is 49.1 Å². The van der Waals surface area contributed by atoms with Gasteiger partial charge in [-0.2, -0.15) is 0 Å². The third-order valence-corrected chi connectivity index (χ3v) is 7.42. The topological polar surface area (TPSA) is 94.2 Å². The van der Waals surface area contributed by atoms with Crippen LogP contribution in [0.5, 0.6) is 17.2 Å². The lowest BCUT2D eigenvalue weighted by Crippen LogP contribution is -2.38. The first-order valence-electron chi connectivity index (χ1n) is 11.3. The van der Waals surface area contributed by atoms with Gasteiger partial charge in [0.05, 0.1) is 25.2 Å². The van der Waals surface area contributed by atoms with Crippen LogP contribution in [0.25, 0.3) is 0 Å². The summed E-state index contributed by atoms with van der Waals surface area (Å²) in [5.41, 5.74) is 1.12. The minimum atomic E-state index is -3.76. The van der Waals surface area contributed by atoms with Crippen LogP contribution >= 0.6 is 0 Å². The molecule has 2 aromatic rings. The number of nitrogens with zero attached hydrogens (tertiary/aromatic N) is 1. The molecule has 33 heavy (non-hydrogen) atoms. The minimum absolute atomic E-state index is 0.0397. The van der Waals surface area contributed by atoms with Crippen molar-refractivity contribution < 1.29 is 27.4 Å². The molecule has 2 heterocycles. The summed E-state index contributed by atoms with van der Waals surface area (Å²) < 4.78 is 44.4. The molecule has 0 saturated carbocycles. The Balaban J connectivity index is 1.33. The predicted octanol–water partition coefficient (Wildman–Crippen LogP) is 2.76. The molecule has 0 aromatic heterocycles. The summed E-state index contributed by atoms with van der Waals surface area (Å²) in [6.45, 7) is 1.75. The lowest BCUT2D eigenvalue weighted by atomic mass is 10.0. The molecular weight excluding hydrogens is 444 g/mol. The summed E-state index contributed by atoms with van der Waals surface area (Å²) in [7, 11) is -2.13. The summed E-state index contributed by atoms with van der Waals surface area (Å²) in [5, 5.41) is 0. The maximum absolute atomic E-state index is 12.9. The average Bonchev–Trinajstić information content (AvgIpc) is 3.14. The van der Waals surface area contributed by atoms with Crippen molar-refractivity contribution in [2.75, 3.05) is 33.4 Å². The maximum Gasteiger partial charge on any atom is 0.240 e. The Bertz CT molecular complexity index is 1090. The second-order valence-electron chi connectivity index (χ2n) is 8.25. The third-order valence-electron chi connectivity index (χ3n) is 5.96. The molecule has 2 aliphatic heterocycles. The van der Waals surface area contributed by atoms with Crippen LogP contribution in [-0.4, -0.2) is 58.7 Å². The zero-order valence-corrected chi connectivity index (χ0v) is 19.6. The fourth-order valence-electron chi connectivity index (χ4n) is 4.28. The molecule has 0 aliphatic carbocycles. The highest BCUT2D eigenvalue weighted by atomic mass is 32.2. The predicted molar refractivity (Wildman–Crippen MR) is 123 cm³/mol. The molecule has 178 valence electrons. The summed E-state index contributed by atoms with van der Waals surface area (Å²) in [5.74, 6) is 1.72. The van der Waals surface area contributed by atoms with Gasteiger partial charge in [0.15, 0.2) is 11.5 Å². The van der Waals surface area contributed by atoms with Gasteiger partial charge < -0.3 is 19.1 Å². The van der Waals surface area contributed by atoms with Crippen molar-refractivity contribution in [3.8, 4) is 17.2 Å². The molecule has 1 fully saturated rings. The first-order chi connectivity index (χ1) is 16.0. The van der Waals surface area contributed by atoms with E-state index in [0.29, 0.717) is 31.3 Å². The molecule has 0 spiro atoms. The summed E-state index contributed by atoms with van der Waals surface area (Å²) in [4.78, 5) is 14.8. The Hall–Kier alpha value is -2.78. The average molecular weight is 475 g/mol. The van der Waals surface area contributed by atoms with Crippen molar-refractivity contribution in [2.24, 2.45) is 0 Å². The number of amides is 1. The number of ether oxygens (including phenoxy) is 3. The van der Waals surface area contributed by atoms with Crippen LogP contribution in [0.2, 0.25) is 0 Å². The second-order valence-corrected chi connectivity index (χ2v) is 10.0. The van der Waals surface area contributed by atoms with Gasteiger partial charge >= 0.3 is 0 Å². The quantitative estimate of drug-likeness (QED) is 0.632. The number of nitrogens with one attached hydrogen (secondary N) is 1. The SMILES string of the molecule is COc1cccc(CC2CCCN2C(=O)CCNS(=O)(=O)c2ccc3c(c2)OCCCO3)c1. The number of methoxy groups -OCH3 is 1. The Morgan fingerprint density at radius 2 is 1.94 bits per heavy atom. The third kappa shape index (κ3) is 5.78. The molecule has 1 unspecified atom stereocenters. The monoisotopic (exact) mass is 474 g/mol. The van der Waals surface area contributed by atoms with Crippen LogP contribution in [0.3, 0.4) is 0 Å². The van der Waals surface area contributed by atoms with Crippen molar-refractivity contribution in [1.82, 2.24) is 9.62 Å². The van der Waals surface area contributed by atoms with E-state index < -0.39 is 10.0 Å². The van der Waals surface area contributed by atoms with E-state index in [1.54, 1.807) is 13.2 Å². The van der Waals surface area contributed by atoms with Crippen LogP contribution in [0.4, 0.5) is 0 Å². The molecule has 2 aliphatic rings. The molecule has 1 N–H and O–H groups in total. The largest absolute Gasteiger partial charge is 0.497 e. The summed E-state index contributed by atoms with van der Waals surface area (Å²) in [6, 6.07) is 12.5. The van der Waals surface area contributed by atoms with Crippen molar-refractivity contribution >= 4 is 15.9 Å². The highest BCUT2D eigenvalue weighted by Gasteiger charge is 2.29. The summed E-state index contributed by atoms with van der Waals surface area (Å²) in [6.07, 6.45) is 3.49. The Labute approximate surface area is 194 Å². The van der Waals surface area contributed by atoms with Gasteiger partial charge in [-0.15, -0.1) is 0 Å². The van der Waals surface area contributed by atoms with E-state index >= 15 is 0 Å². The molecule has 2 aromatic carbocycles. The van der Waals surface area contributed by atoms with Crippen molar-refractivity contribution in [3.63, 3.8) is 0 Å². The van der Waals surface area contributed by atoms with Crippen molar-refractivity contribution in [1.29, 1.82) is 0 Å². The van der Waals surface area contributed by atoms with E-state index in [2.05, 4.69) is 4.72 Å². The Morgan fingerprint density at radius 1 is 1.12 bits per heavy atom. The van der Waals surface area contributed by atoms with Gasteiger partial charge in [0.25, 0.3) is 0 Å². The standard InChI is InChI=1S/C24H30N2O6S/c1-30-20-7-2-5-18(16-20)15-19-6-3-12-26(19)24(27)10-11-25-33(28,29)21-8-9-22-23(17-21)32-14-4-13-31-22/h2,5,7-9,16-17,19,25H,3-4,6,10-15H2,1H3. The fraction of sp³-hybridized carbons (Fsp3) is 0.458. The molecule has 0 bridgehead atoms. The van der Waals surface area contributed by atoms with Gasteiger partial charge in [-0.25, -0.2) is 13.1 Å². The van der Waals surface area contributed by atoms with Crippen LogP contribution < -0.4 is 18.9 Å². The van der Waals surface area contributed by atoms with Gasteiger partial charge in [0.1, 0.15) is 5.75 Å². The van der Waals surface area contributed by atoms with Gasteiger partial charge in [-0.1, -0.05) is 12.1 Å². The highest BCUT2D eigenvalue weighted by molar-refractivity contribution is 7.89. The zero-order valence-electron chi connectivity index (χ0n) is 18.8. The first kappa shape index (κ1) is 23.4. The van der Waals surface area contributed by atoms with Crippen LogP contribution in [0.1, 0.15) is 31.2 Å². The molecular formula is C24H30N2O6S. The molecule has 9 heteroatoms. The van der Waals surface area contributed by atoms with Gasteiger partial charge in [0.2, 0.25) is 15.9 Å². The first-order valence-corrected chi connectivity index (χ1v) is 12.8. The number of carbonyl (C=O) groups is 1. The van der Waals surface area contributed by atoms with Crippen LogP contribution in [0.15, 0.2) is 47.4 Å². The van der Waals surface area contributed by atoms with Crippen LogP contribution in [-0.2, 0) is 21.2 Å². The molecule has 1 amide bonds. The number of hydrogen-bond donors (Lipinski definition) is 1. The van der Waals surface area contributed by atoms with E-state index in [1.807, 2.05) is 29.2 Å².